The number of rotatable bonds is 2. The second kappa shape index (κ2) is 8.29. The van der Waals surface area contributed by atoms with E-state index < -0.39 is 0 Å². The Kier molecular flexibility index (Phi) is 7.01. The van der Waals surface area contributed by atoms with Gasteiger partial charge in [-0.3, -0.25) is 9.78 Å². The normalized spacial score (nSPS) is 16.4. The van der Waals surface area contributed by atoms with Crippen molar-refractivity contribution in [3.05, 3.63) is 53.7 Å². The summed E-state index contributed by atoms with van der Waals surface area (Å²) >= 11 is 0. The molecule has 1 aromatic carbocycles. The van der Waals surface area contributed by atoms with E-state index >= 15 is 0 Å². The van der Waals surface area contributed by atoms with Crippen molar-refractivity contribution in [3.8, 4) is 11.3 Å². The molecule has 2 N–H and O–H groups in total. The molecule has 2 heterocycles. The molecule has 23 heavy (non-hydrogen) atoms. The number of aryl methyl sites for hydroxylation is 1. The van der Waals surface area contributed by atoms with Gasteiger partial charge in [0, 0.05) is 36.0 Å². The first-order chi connectivity index (χ1) is 10.1. The molecule has 3 rings (SSSR count). The first kappa shape index (κ1) is 19.4. The Bertz CT molecular complexity index is 661. The lowest BCUT2D eigenvalue weighted by Crippen LogP contribution is -2.31. The van der Waals surface area contributed by atoms with Gasteiger partial charge in [-0.25, -0.2) is 0 Å². The molecule has 0 spiro atoms. The highest BCUT2D eigenvalue weighted by Crippen LogP contribution is 2.19. The third-order valence-electron chi connectivity index (χ3n) is 3.83. The molecular weight excluding hydrogens is 333 g/mol. The van der Waals surface area contributed by atoms with Crippen molar-refractivity contribution in [1.82, 2.24) is 9.88 Å². The highest BCUT2D eigenvalue weighted by atomic mass is 35.5. The minimum absolute atomic E-state index is 0. The van der Waals surface area contributed by atoms with Crippen LogP contribution in [0.25, 0.3) is 11.3 Å². The molecule has 0 aliphatic carbocycles. The van der Waals surface area contributed by atoms with E-state index in [9.17, 15) is 4.79 Å². The van der Waals surface area contributed by atoms with Crippen LogP contribution in [0.4, 0.5) is 0 Å². The Morgan fingerprint density at radius 1 is 1.17 bits per heavy atom. The molecule has 4 nitrogen and oxygen atoms in total. The second-order valence-corrected chi connectivity index (χ2v) is 5.54. The average molecular weight is 354 g/mol. The quantitative estimate of drug-likeness (QED) is 0.902. The largest absolute Gasteiger partial charge is 0.337 e. The molecule has 124 valence electrons. The van der Waals surface area contributed by atoms with Gasteiger partial charge in [0.25, 0.3) is 5.91 Å². The van der Waals surface area contributed by atoms with Gasteiger partial charge >= 0.3 is 0 Å². The van der Waals surface area contributed by atoms with Crippen LogP contribution in [0.15, 0.2) is 42.5 Å². The summed E-state index contributed by atoms with van der Waals surface area (Å²) in [6.07, 6.45) is 0.886. The molecule has 0 saturated carbocycles. The fraction of sp³-hybridized carbons (Fsp3) is 0.294. The number of carbonyl (C=O) groups excluding carboxylic acids is 1. The van der Waals surface area contributed by atoms with Crippen molar-refractivity contribution < 1.29 is 4.79 Å². The molecule has 0 bridgehead atoms. The fourth-order valence-corrected chi connectivity index (χ4v) is 2.64. The molecule has 1 unspecified atom stereocenters. The van der Waals surface area contributed by atoms with Crippen molar-refractivity contribution >= 4 is 30.7 Å². The average Bonchev–Trinajstić information content (AvgIpc) is 2.93. The number of likely N-dealkylation sites (tertiary alicyclic amines) is 1. The number of hydrogen-bond donors (Lipinski definition) is 1. The molecule has 2 aromatic rings. The number of benzene rings is 1. The predicted octanol–water partition coefficient (Wildman–Crippen LogP) is 3.07. The van der Waals surface area contributed by atoms with Gasteiger partial charge < -0.3 is 10.6 Å². The summed E-state index contributed by atoms with van der Waals surface area (Å²) in [6.45, 7) is 3.37. The molecular formula is C17H21Cl2N3O. The second-order valence-electron chi connectivity index (χ2n) is 5.54. The van der Waals surface area contributed by atoms with Crippen LogP contribution in [0.2, 0.25) is 0 Å². The topological polar surface area (TPSA) is 59.2 Å². The van der Waals surface area contributed by atoms with Gasteiger partial charge in [0.15, 0.2) is 0 Å². The lowest BCUT2D eigenvalue weighted by Gasteiger charge is -2.15. The minimum atomic E-state index is 0. The number of hydrogen-bond acceptors (Lipinski definition) is 3. The molecule has 1 amide bonds. The van der Waals surface area contributed by atoms with Gasteiger partial charge in [-0.15, -0.1) is 24.8 Å². The number of pyridine rings is 1. The molecule has 1 saturated heterocycles. The summed E-state index contributed by atoms with van der Waals surface area (Å²) < 4.78 is 0. The van der Waals surface area contributed by atoms with E-state index in [-0.39, 0.29) is 36.8 Å². The first-order valence-electron chi connectivity index (χ1n) is 7.22. The van der Waals surface area contributed by atoms with Crippen LogP contribution in [0, 0.1) is 6.92 Å². The summed E-state index contributed by atoms with van der Waals surface area (Å²) in [4.78, 5) is 18.7. The van der Waals surface area contributed by atoms with Gasteiger partial charge in [-0.1, -0.05) is 18.2 Å². The summed E-state index contributed by atoms with van der Waals surface area (Å²) in [6, 6.07) is 13.7. The molecule has 1 atom stereocenters. The zero-order valence-corrected chi connectivity index (χ0v) is 14.6. The molecule has 1 fully saturated rings. The molecule has 1 aromatic heterocycles. The summed E-state index contributed by atoms with van der Waals surface area (Å²) in [5, 5.41) is 0. The molecule has 1 aliphatic rings. The standard InChI is InChI=1S/C17H19N3O.2ClH/c1-12-3-2-4-16(19-12)13-5-7-14(8-6-13)17(21)20-10-9-15(18)11-20;;/h2-8,15H,9-11,18H2,1H3;2*1H. The highest BCUT2D eigenvalue weighted by molar-refractivity contribution is 5.94. The Morgan fingerprint density at radius 3 is 2.43 bits per heavy atom. The highest BCUT2D eigenvalue weighted by Gasteiger charge is 2.24. The van der Waals surface area contributed by atoms with Gasteiger partial charge in [-0.05, 0) is 37.6 Å². The summed E-state index contributed by atoms with van der Waals surface area (Å²) in [7, 11) is 0. The van der Waals surface area contributed by atoms with Crippen molar-refractivity contribution in [1.29, 1.82) is 0 Å². The van der Waals surface area contributed by atoms with Gasteiger partial charge in [0.2, 0.25) is 0 Å². The summed E-state index contributed by atoms with van der Waals surface area (Å²) in [5.41, 5.74) is 9.50. The van der Waals surface area contributed by atoms with Crippen LogP contribution >= 0.6 is 24.8 Å². The number of amides is 1. The van der Waals surface area contributed by atoms with E-state index in [1.165, 1.54) is 0 Å². The van der Waals surface area contributed by atoms with E-state index in [1.54, 1.807) is 0 Å². The lowest BCUT2D eigenvalue weighted by atomic mass is 10.1. The lowest BCUT2D eigenvalue weighted by molar-refractivity contribution is 0.0791. The van der Waals surface area contributed by atoms with E-state index in [1.807, 2.05) is 54.3 Å². The van der Waals surface area contributed by atoms with Crippen LogP contribution in [-0.4, -0.2) is 34.9 Å². The third-order valence-corrected chi connectivity index (χ3v) is 3.83. The van der Waals surface area contributed by atoms with E-state index in [0.29, 0.717) is 12.1 Å². The SMILES string of the molecule is Cc1cccc(-c2ccc(C(=O)N3CCC(N)C3)cc2)n1.Cl.Cl. The van der Waals surface area contributed by atoms with Crippen molar-refractivity contribution in [3.63, 3.8) is 0 Å². The van der Waals surface area contributed by atoms with Crippen LogP contribution in [0.3, 0.4) is 0 Å². The zero-order valence-electron chi connectivity index (χ0n) is 12.9. The number of halogens is 2. The van der Waals surface area contributed by atoms with Crippen molar-refractivity contribution in [2.75, 3.05) is 13.1 Å². The van der Waals surface area contributed by atoms with Gasteiger partial charge in [0.05, 0.1) is 5.69 Å². The number of aromatic nitrogens is 1. The monoisotopic (exact) mass is 353 g/mol. The summed E-state index contributed by atoms with van der Waals surface area (Å²) in [5.74, 6) is 0.0618. The minimum Gasteiger partial charge on any atom is -0.337 e. The van der Waals surface area contributed by atoms with E-state index in [0.717, 1.165) is 29.9 Å². The van der Waals surface area contributed by atoms with E-state index in [4.69, 9.17) is 5.73 Å². The fourth-order valence-electron chi connectivity index (χ4n) is 2.64. The predicted molar refractivity (Wildman–Crippen MR) is 97.4 cm³/mol. The first-order valence-corrected chi connectivity index (χ1v) is 7.22. The Balaban J connectivity index is 0.00000132. The smallest absolute Gasteiger partial charge is 0.253 e. The molecule has 0 radical (unpaired) electrons. The maximum Gasteiger partial charge on any atom is 0.253 e. The number of nitrogens with zero attached hydrogens (tertiary/aromatic N) is 2. The third kappa shape index (κ3) is 4.44. The van der Waals surface area contributed by atoms with Crippen LogP contribution in [-0.2, 0) is 0 Å². The van der Waals surface area contributed by atoms with Gasteiger partial charge in [-0.2, -0.15) is 0 Å². The number of carbonyl (C=O) groups is 1. The maximum absolute atomic E-state index is 12.3. The molecule has 1 aliphatic heterocycles. The Hall–Kier alpha value is -1.62. The van der Waals surface area contributed by atoms with Crippen LogP contribution < -0.4 is 5.73 Å². The number of nitrogens with two attached hydrogens (primary N) is 1. The van der Waals surface area contributed by atoms with Crippen LogP contribution in [0.5, 0.6) is 0 Å². The van der Waals surface area contributed by atoms with Crippen molar-refractivity contribution in [2.45, 2.75) is 19.4 Å². The zero-order chi connectivity index (χ0) is 14.8. The van der Waals surface area contributed by atoms with Gasteiger partial charge in [0.1, 0.15) is 0 Å². The van der Waals surface area contributed by atoms with Crippen LogP contribution in [0.1, 0.15) is 22.5 Å². The Labute approximate surface area is 148 Å². The maximum atomic E-state index is 12.3. The Morgan fingerprint density at radius 2 is 1.87 bits per heavy atom. The van der Waals surface area contributed by atoms with Crippen molar-refractivity contribution in [2.24, 2.45) is 5.73 Å². The molecule has 6 heteroatoms. The van der Waals surface area contributed by atoms with E-state index in [2.05, 4.69) is 4.98 Å².